The molecule has 36 heavy (non-hydrogen) atoms. The minimum Gasteiger partial charge on any atom is -0.405 e. The van der Waals surface area contributed by atoms with Crippen LogP contribution in [0.1, 0.15) is 50.4 Å². The summed E-state index contributed by atoms with van der Waals surface area (Å²) < 4.78 is 19.3. The highest BCUT2D eigenvalue weighted by Crippen LogP contribution is 2.37. The third-order valence-corrected chi connectivity index (χ3v) is 12.0. The van der Waals surface area contributed by atoms with Crippen molar-refractivity contribution in [3.63, 3.8) is 0 Å². The van der Waals surface area contributed by atoms with E-state index >= 15 is 0 Å². The zero-order valence-corrected chi connectivity index (χ0v) is 22.7. The van der Waals surface area contributed by atoms with Crippen molar-refractivity contribution in [1.82, 2.24) is 0 Å². The quantitative estimate of drug-likeness (QED) is 0.275. The van der Waals surface area contributed by atoms with Crippen LogP contribution in [0.3, 0.4) is 0 Å². The van der Waals surface area contributed by atoms with Gasteiger partial charge in [0, 0.05) is 5.56 Å². The number of Topliss-reactive ketones (excluding diaryl/α,β-unsaturated/α-hetero) is 1. The molecule has 5 heteroatoms. The number of ketones is 1. The Labute approximate surface area is 216 Å². The predicted octanol–water partition coefficient (Wildman–Crippen LogP) is 5.40. The molecule has 0 aromatic heterocycles. The number of benzene rings is 3. The van der Waals surface area contributed by atoms with E-state index in [2.05, 4.69) is 81.4 Å². The van der Waals surface area contributed by atoms with Crippen LogP contribution in [0.25, 0.3) is 0 Å². The number of hydrogen-bond donors (Lipinski definition) is 0. The molecule has 4 rings (SSSR count). The van der Waals surface area contributed by atoms with Crippen LogP contribution in [0.5, 0.6) is 0 Å². The third-order valence-electron chi connectivity index (χ3n) is 6.97. The smallest absolute Gasteiger partial charge is 0.261 e. The van der Waals surface area contributed by atoms with Crippen LogP contribution < -0.4 is 10.4 Å². The lowest BCUT2D eigenvalue weighted by atomic mass is 10.1. The standard InChI is InChI=1S/C31H38O4Si/c1-31(2,3)36(28-18-9-5-10-19-28,29-20-11-6-12-21-29)34-23-27-17-13-16-26(35-27)22-33-24-30(32)25-14-7-4-8-15-25/h4-12,14-15,18-21,26-27H,13,16-17,22-24H2,1-3H3/t26-,27+/m0/s1. The number of hydrogen-bond acceptors (Lipinski definition) is 4. The van der Waals surface area contributed by atoms with E-state index in [0.717, 1.165) is 19.3 Å². The summed E-state index contributed by atoms with van der Waals surface area (Å²) in [5.41, 5.74) is 0.679. The topological polar surface area (TPSA) is 44.8 Å². The van der Waals surface area contributed by atoms with E-state index in [9.17, 15) is 4.79 Å². The van der Waals surface area contributed by atoms with Crippen LogP contribution in [0.4, 0.5) is 0 Å². The van der Waals surface area contributed by atoms with E-state index in [1.807, 2.05) is 30.3 Å². The summed E-state index contributed by atoms with van der Waals surface area (Å²) in [4.78, 5) is 12.3. The van der Waals surface area contributed by atoms with Gasteiger partial charge in [0.2, 0.25) is 0 Å². The molecule has 0 bridgehead atoms. The second-order valence-corrected chi connectivity index (χ2v) is 14.9. The fraction of sp³-hybridized carbons (Fsp3) is 0.387. The van der Waals surface area contributed by atoms with Gasteiger partial charge in [0.15, 0.2) is 5.78 Å². The molecule has 1 aliphatic rings. The Morgan fingerprint density at radius 3 is 1.83 bits per heavy atom. The molecule has 0 saturated carbocycles. The van der Waals surface area contributed by atoms with Gasteiger partial charge in [0.1, 0.15) is 6.61 Å². The summed E-state index contributed by atoms with van der Waals surface area (Å²) in [5.74, 6) is -0.00187. The van der Waals surface area contributed by atoms with Gasteiger partial charge in [-0.05, 0) is 34.7 Å². The molecule has 0 N–H and O–H groups in total. The molecule has 0 aliphatic carbocycles. The first-order chi connectivity index (χ1) is 17.4. The maximum atomic E-state index is 12.3. The van der Waals surface area contributed by atoms with Crippen molar-refractivity contribution in [3.05, 3.63) is 96.6 Å². The van der Waals surface area contributed by atoms with Crippen LogP contribution in [-0.4, -0.2) is 46.1 Å². The average Bonchev–Trinajstić information content (AvgIpc) is 2.90. The van der Waals surface area contributed by atoms with Gasteiger partial charge < -0.3 is 13.9 Å². The molecule has 1 aliphatic heterocycles. The molecule has 4 nitrogen and oxygen atoms in total. The largest absolute Gasteiger partial charge is 0.405 e. The molecule has 1 heterocycles. The second kappa shape index (κ2) is 12.1. The number of carbonyl (C=O) groups excluding carboxylic acids is 1. The van der Waals surface area contributed by atoms with Crippen molar-refractivity contribution >= 4 is 24.5 Å². The van der Waals surface area contributed by atoms with Gasteiger partial charge >= 0.3 is 0 Å². The Balaban J connectivity index is 1.42. The number of carbonyl (C=O) groups is 1. The van der Waals surface area contributed by atoms with E-state index in [1.54, 1.807) is 0 Å². The highest BCUT2D eigenvalue weighted by atomic mass is 28.4. The lowest BCUT2D eigenvalue weighted by molar-refractivity contribution is -0.0966. The minimum atomic E-state index is -2.59. The fourth-order valence-electron chi connectivity index (χ4n) is 5.20. The van der Waals surface area contributed by atoms with Crippen LogP contribution in [0.2, 0.25) is 5.04 Å². The first kappa shape index (κ1) is 26.5. The molecular formula is C31H38O4Si. The number of rotatable bonds is 10. The Morgan fingerprint density at radius 2 is 1.31 bits per heavy atom. The lowest BCUT2D eigenvalue weighted by Crippen LogP contribution is -2.67. The highest BCUT2D eigenvalue weighted by molar-refractivity contribution is 6.99. The van der Waals surface area contributed by atoms with Gasteiger partial charge in [-0.2, -0.15) is 0 Å². The highest BCUT2D eigenvalue weighted by Gasteiger charge is 2.50. The Kier molecular flexibility index (Phi) is 8.91. The summed E-state index contributed by atoms with van der Waals surface area (Å²) >= 11 is 0. The normalized spacial score (nSPS) is 18.6. The van der Waals surface area contributed by atoms with Gasteiger partial charge in [0.25, 0.3) is 8.32 Å². The van der Waals surface area contributed by atoms with E-state index in [-0.39, 0.29) is 29.6 Å². The molecule has 0 spiro atoms. The average molecular weight is 503 g/mol. The maximum absolute atomic E-state index is 12.3. The summed E-state index contributed by atoms with van der Waals surface area (Å²) in [7, 11) is -2.59. The molecule has 0 unspecified atom stereocenters. The van der Waals surface area contributed by atoms with Crippen LogP contribution >= 0.6 is 0 Å². The maximum Gasteiger partial charge on any atom is 0.261 e. The fourth-order valence-corrected chi connectivity index (χ4v) is 9.79. The molecule has 3 aromatic carbocycles. The number of ether oxygens (including phenoxy) is 2. The minimum absolute atomic E-state index is 0.00187. The molecule has 190 valence electrons. The van der Waals surface area contributed by atoms with Gasteiger partial charge in [-0.25, -0.2) is 0 Å². The van der Waals surface area contributed by atoms with Crippen LogP contribution in [0, 0.1) is 0 Å². The van der Waals surface area contributed by atoms with Crippen molar-refractivity contribution in [2.45, 2.75) is 57.3 Å². The monoisotopic (exact) mass is 502 g/mol. The van der Waals surface area contributed by atoms with Crippen LogP contribution in [0.15, 0.2) is 91.0 Å². The summed E-state index contributed by atoms with van der Waals surface area (Å²) in [5, 5.41) is 2.49. The van der Waals surface area contributed by atoms with Crippen molar-refractivity contribution in [2.75, 3.05) is 19.8 Å². The van der Waals surface area contributed by atoms with E-state index < -0.39 is 8.32 Å². The molecule has 2 atom stereocenters. The Bertz CT molecular complexity index is 1040. The molecule has 0 amide bonds. The molecule has 1 saturated heterocycles. The summed E-state index contributed by atoms with van der Waals surface area (Å²) in [6, 6.07) is 30.7. The first-order valence-corrected chi connectivity index (χ1v) is 14.9. The second-order valence-electron chi connectivity index (χ2n) is 10.6. The van der Waals surface area contributed by atoms with Gasteiger partial charge in [0.05, 0.1) is 25.4 Å². The summed E-state index contributed by atoms with van der Waals surface area (Å²) in [6.45, 7) is 7.93. The van der Waals surface area contributed by atoms with Crippen molar-refractivity contribution in [1.29, 1.82) is 0 Å². The van der Waals surface area contributed by atoms with E-state index in [4.69, 9.17) is 13.9 Å². The van der Waals surface area contributed by atoms with Gasteiger partial charge in [-0.3, -0.25) is 4.79 Å². The van der Waals surface area contributed by atoms with E-state index in [0.29, 0.717) is 18.8 Å². The van der Waals surface area contributed by atoms with Crippen molar-refractivity contribution in [2.24, 2.45) is 0 Å². The van der Waals surface area contributed by atoms with Gasteiger partial charge in [-0.15, -0.1) is 0 Å². The molecule has 1 fully saturated rings. The Hall–Kier alpha value is -2.57. The Morgan fingerprint density at radius 1 is 0.806 bits per heavy atom. The van der Waals surface area contributed by atoms with Crippen LogP contribution in [-0.2, 0) is 13.9 Å². The first-order valence-electron chi connectivity index (χ1n) is 13.0. The zero-order valence-electron chi connectivity index (χ0n) is 21.7. The lowest BCUT2D eigenvalue weighted by Gasteiger charge is -2.44. The van der Waals surface area contributed by atoms with Gasteiger partial charge in [-0.1, -0.05) is 112 Å². The summed E-state index contributed by atoms with van der Waals surface area (Å²) in [6.07, 6.45) is 2.97. The SMILES string of the molecule is CC(C)(C)[Si](OC[C@H]1CCC[C@@H](COCC(=O)c2ccccc2)O1)(c1ccccc1)c1ccccc1. The van der Waals surface area contributed by atoms with Crippen molar-refractivity contribution < 1.29 is 18.7 Å². The molecule has 3 aromatic rings. The predicted molar refractivity (Wildman–Crippen MR) is 148 cm³/mol. The molecule has 0 radical (unpaired) electrons. The van der Waals surface area contributed by atoms with Crippen molar-refractivity contribution in [3.8, 4) is 0 Å². The van der Waals surface area contributed by atoms with E-state index in [1.165, 1.54) is 10.4 Å². The molecular weight excluding hydrogens is 464 g/mol. The third kappa shape index (κ3) is 6.21. The zero-order chi connectivity index (χ0) is 25.4.